The van der Waals surface area contributed by atoms with Gasteiger partial charge in [-0.25, -0.2) is 8.42 Å². The van der Waals surface area contributed by atoms with Crippen molar-refractivity contribution in [3.8, 4) is 0 Å². The molecule has 0 aliphatic heterocycles. The van der Waals surface area contributed by atoms with Gasteiger partial charge in [0.15, 0.2) is 0 Å². The summed E-state index contributed by atoms with van der Waals surface area (Å²) in [6.45, 7) is 1.90. The number of benzene rings is 1. The van der Waals surface area contributed by atoms with Crippen LogP contribution < -0.4 is 29.6 Å². The van der Waals surface area contributed by atoms with Crippen LogP contribution in [0.25, 0.3) is 0 Å². The van der Waals surface area contributed by atoms with Crippen LogP contribution >= 0.6 is 0 Å². The maximum atomic E-state index is 13.9. The van der Waals surface area contributed by atoms with Gasteiger partial charge in [-0.2, -0.15) is 39.5 Å². The van der Waals surface area contributed by atoms with E-state index in [1.807, 2.05) is 6.92 Å². The second-order valence-corrected chi connectivity index (χ2v) is 8.74. The first-order valence-corrected chi connectivity index (χ1v) is 10.6. The summed E-state index contributed by atoms with van der Waals surface area (Å²) in [6.07, 6.45) is -4.79. The summed E-state index contributed by atoms with van der Waals surface area (Å²) in [4.78, 5) is 0. The predicted molar refractivity (Wildman–Crippen MR) is 92.2 cm³/mol. The second-order valence-electron chi connectivity index (χ2n) is 7.09. The third-order valence-electron chi connectivity index (χ3n) is 4.71. The Balaban J connectivity index is 0.00000961. The Hall–Kier alpha value is -0.500. The molecule has 32 heavy (non-hydrogen) atoms. The molecule has 0 saturated heterocycles. The zero-order valence-corrected chi connectivity index (χ0v) is 20.0. The molecule has 0 aromatic heterocycles. The smallest absolute Gasteiger partial charge is 0.748 e. The van der Waals surface area contributed by atoms with Gasteiger partial charge in [0, 0.05) is 5.56 Å². The minimum absolute atomic E-state index is 0. The van der Waals surface area contributed by atoms with Crippen LogP contribution in [0.2, 0.25) is 0 Å². The van der Waals surface area contributed by atoms with E-state index in [9.17, 15) is 52.5 Å². The second kappa shape index (κ2) is 11.3. The van der Waals surface area contributed by atoms with E-state index in [0.717, 1.165) is 12.8 Å². The van der Waals surface area contributed by atoms with Gasteiger partial charge in [0.05, 0.1) is 15.4 Å². The molecule has 0 saturated carbocycles. The summed E-state index contributed by atoms with van der Waals surface area (Å²) in [5.41, 5.74) is -1.89. The molecule has 0 fully saturated rings. The van der Waals surface area contributed by atoms with E-state index in [1.165, 1.54) is 0 Å². The molecule has 0 radical (unpaired) electrons. The van der Waals surface area contributed by atoms with Crippen molar-refractivity contribution in [2.45, 2.75) is 74.6 Å². The van der Waals surface area contributed by atoms with E-state index in [2.05, 4.69) is 0 Å². The number of rotatable bonds is 11. The minimum Gasteiger partial charge on any atom is -0.748 e. The maximum absolute atomic E-state index is 13.9. The van der Waals surface area contributed by atoms with Crippen LogP contribution in [0.4, 0.5) is 39.5 Å². The number of alkyl halides is 9. The normalized spacial score (nSPS) is 14.7. The Morgan fingerprint density at radius 2 is 1.34 bits per heavy atom. The van der Waals surface area contributed by atoms with Gasteiger partial charge in [0.2, 0.25) is 0 Å². The standard InChI is InChI=1S/C18H21F9O3S.Na/c1-2-3-4-5-6-14(31(28,29)30)11-12-7-9-13(10-8-12)15(19,20)16(21,22)17(23,24)18(25,26)27;/h7-10,14H,2-6,11H2,1H3,(H,28,29,30);/q;+1/p-1. The fourth-order valence-electron chi connectivity index (χ4n) is 2.82. The van der Waals surface area contributed by atoms with Gasteiger partial charge in [-0.3, -0.25) is 0 Å². The van der Waals surface area contributed by atoms with Crippen molar-refractivity contribution >= 4 is 10.1 Å². The summed E-state index contributed by atoms with van der Waals surface area (Å²) < 4.78 is 152. The van der Waals surface area contributed by atoms with Gasteiger partial charge in [-0.15, -0.1) is 0 Å². The molecule has 1 rings (SSSR count). The molecular formula is C18H20F9NaO3S. The molecule has 14 heteroatoms. The van der Waals surface area contributed by atoms with Crippen LogP contribution in [0.15, 0.2) is 24.3 Å². The van der Waals surface area contributed by atoms with Crippen molar-refractivity contribution in [3.05, 3.63) is 35.4 Å². The van der Waals surface area contributed by atoms with Crippen LogP contribution in [0, 0.1) is 0 Å². The molecule has 0 aliphatic carbocycles. The minimum atomic E-state index is -7.01. The molecule has 0 N–H and O–H groups in total. The van der Waals surface area contributed by atoms with Gasteiger partial charge in [0.25, 0.3) is 0 Å². The topological polar surface area (TPSA) is 57.2 Å². The monoisotopic (exact) mass is 510 g/mol. The molecule has 0 aliphatic rings. The Morgan fingerprint density at radius 3 is 1.75 bits per heavy atom. The molecule has 1 atom stereocenters. The van der Waals surface area contributed by atoms with Crippen LogP contribution in [0.5, 0.6) is 0 Å². The molecule has 0 bridgehead atoms. The van der Waals surface area contributed by atoms with E-state index in [1.54, 1.807) is 0 Å². The largest absolute Gasteiger partial charge is 1.00 e. The first kappa shape index (κ1) is 31.5. The van der Waals surface area contributed by atoms with Crippen molar-refractivity contribution in [1.29, 1.82) is 0 Å². The van der Waals surface area contributed by atoms with Crippen LogP contribution in [-0.4, -0.2) is 36.2 Å². The van der Waals surface area contributed by atoms with E-state index in [0.29, 0.717) is 25.0 Å². The Labute approximate surface area is 201 Å². The SMILES string of the molecule is CCCCCCC(Cc1ccc(C(F)(F)C(F)(F)C(F)(F)C(F)(F)F)cc1)S(=O)(=O)[O-].[Na+]. The Bertz CT molecular complexity index is 825. The fourth-order valence-corrected chi connectivity index (χ4v) is 3.67. The van der Waals surface area contributed by atoms with Crippen molar-refractivity contribution in [2.75, 3.05) is 0 Å². The molecule has 3 nitrogen and oxygen atoms in total. The summed E-state index contributed by atoms with van der Waals surface area (Å²) in [7, 11) is -4.79. The van der Waals surface area contributed by atoms with Crippen molar-refractivity contribution in [2.24, 2.45) is 0 Å². The summed E-state index contributed by atoms with van der Waals surface area (Å²) in [5, 5.41) is -1.44. The van der Waals surface area contributed by atoms with Gasteiger partial charge >= 0.3 is 53.5 Å². The summed E-state index contributed by atoms with van der Waals surface area (Å²) >= 11 is 0. The van der Waals surface area contributed by atoms with Gasteiger partial charge in [0.1, 0.15) is 0 Å². The third-order valence-corrected chi connectivity index (χ3v) is 5.93. The van der Waals surface area contributed by atoms with Gasteiger partial charge < -0.3 is 4.55 Å². The van der Waals surface area contributed by atoms with Crippen molar-refractivity contribution in [3.63, 3.8) is 0 Å². The molecule has 180 valence electrons. The van der Waals surface area contributed by atoms with Gasteiger partial charge in [-0.1, -0.05) is 56.9 Å². The maximum Gasteiger partial charge on any atom is 1.00 e. The molecule has 0 amide bonds. The van der Waals surface area contributed by atoms with Crippen LogP contribution in [0.3, 0.4) is 0 Å². The average molecular weight is 510 g/mol. The Kier molecular flexibility index (Phi) is 11.1. The third kappa shape index (κ3) is 7.00. The van der Waals surface area contributed by atoms with Crippen molar-refractivity contribution in [1.82, 2.24) is 0 Å². The first-order chi connectivity index (χ1) is 13.9. The summed E-state index contributed by atoms with van der Waals surface area (Å²) in [6, 6.07) is 1.74. The predicted octanol–water partition coefficient (Wildman–Crippen LogP) is 3.04. The Morgan fingerprint density at radius 1 is 0.844 bits per heavy atom. The molecule has 1 aromatic rings. The van der Waals surface area contributed by atoms with E-state index in [-0.39, 0.29) is 53.7 Å². The molecule has 1 unspecified atom stereocenters. The number of unbranched alkanes of at least 4 members (excludes halogenated alkanes) is 3. The van der Waals surface area contributed by atoms with Gasteiger partial charge in [-0.05, 0) is 18.4 Å². The van der Waals surface area contributed by atoms with E-state index in [4.69, 9.17) is 0 Å². The summed E-state index contributed by atoms with van der Waals surface area (Å²) in [5.74, 6) is -19.7. The molecule has 0 heterocycles. The molecule has 1 aromatic carbocycles. The van der Waals surface area contributed by atoms with Crippen LogP contribution in [0.1, 0.15) is 50.2 Å². The molecular weight excluding hydrogens is 490 g/mol. The number of hydrogen-bond acceptors (Lipinski definition) is 3. The van der Waals surface area contributed by atoms with E-state index < -0.39 is 51.3 Å². The average Bonchev–Trinajstić information content (AvgIpc) is 2.62. The molecule has 0 spiro atoms. The van der Waals surface area contributed by atoms with E-state index >= 15 is 0 Å². The number of halogens is 9. The number of hydrogen-bond donors (Lipinski definition) is 0. The first-order valence-electron chi connectivity index (χ1n) is 9.14. The zero-order chi connectivity index (χ0) is 24.3. The quantitative estimate of drug-likeness (QED) is 0.199. The van der Waals surface area contributed by atoms with Crippen molar-refractivity contribution < 1.29 is 82.0 Å². The fraction of sp³-hybridized carbons (Fsp3) is 0.667. The van der Waals surface area contributed by atoms with Crippen LogP contribution in [-0.2, 0) is 22.5 Å². The zero-order valence-electron chi connectivity index (χ0n) is 17.2.